The molecule has 82 valence electrons. The Hall–Kier alpha value is -0.830. The van der Waals surface area contributed by atoms with Gasteiger partial charge in [0.1, 0.15) is 0 Å². The van der Waals surface area contributed by atoms with Crippen molar-refractivity contribution < 1.29 is 9.53 Å². The van der Waals surface area contributed by atoms with Gasteiger partial charge in [-0.25, -0.2) is 0 Å². The smallest absolute Gasteiger partial charge is 0.308 e. The van der Waals surface area contributed by atoms with Gasteiger partial charge in [-0.3, -0.25) is 4.79 Å². The van der Waals surface area contributed by atoms with E-state index in [0.29, 0.717) is 0 Å². The molecule has 1 rings (SSSR count). The van der Waals surface area contributed by atoms with Crippen molar-refractivity contribution in [3.63, 3.8) is 0 Å². The minimum Gasteiger partial charge on any atom is -0.469 e. The number of hydrogen-bond acceptors (Lipinski definition) is 2. The van der Waals surface area contributed by atoms with E-state index in [1.54, 1.807) is 0 Å². The standard InChI is InChI=1S/C12H15BrO2/c1-3-9(12(14)15-2)8-10-6-4-5-7-11(10)13/h4-7,9H,3,8H2,1-2H3. The number of carbonyl (C=O) groups is 1. The van der Waals surface area contributed by atoms with Crippen LogP contribution in [0, 0.1) is 5.92 Å². The van der Waals surface area contributed by atoms with Crippen LogP contribution in [-0.4, -0.2) is 13.1 Å². The van der Waals surface area contributed by atoms with Crippen molar-refractivity contribution in [2.24, 2.45) is 5.92 Å². The van der Waals surface area contributed by atoms with Gasteiger partial charge in [-0.1, -0.05) is 41.1 Å². The average molecular weight is 271 g/mol. The van der Waals surface area contributed by atoms with Crippen LogP contribution in [0.3, 0.4) is 0 Å². The number of carbonyl (C=O) groups excluding carboxylic acids is 1. The molecule has 0 bridgehead atoms. The van der Waals surface area contributed by atoms with E-state index in [1.165, 1.54) is 7.11 Å². The summed E-state index contributed by atoms with van der Waals surface area (Å²) < 4.78 is 5.81. The first-order valence-electron chi connectivity index (χ1n) is 5.00. The lowest BCUT2D eigenvalue weighted by molar-refractivity contribution is -0.145. The van der Waals surface area contributed by atoms with Crippen molar-refractivity contribution in [1.29, 1.82) is 0 Å². The Kier molecular flexibility index (Phi) is 4.82. The second-order valence-corrected chi connectivity index (χ2v) is 4.28. The van der Waals surface area contributed by atoms with Crippen LogP contribution >= 0.6 is 15.9 Å². The molecule has 0 amide bonds. The van der Waals surface area contributed by atoms with E-state index in [-0.39, 0.29) is 11.9 Å². The van der Waals surface area contributed by atoms with Crippen molar-refractivity contribution in [3.05, 3.63) is 34.3 Å². The van der Waals surface area contributed by atoms with E-state index in [2.05, 4.69) is 15.9 Å². The molecular weight excluding hydrogens is 256 g/mol. The van der Waals surface area contributed by atoms with Gasteiger partial charge in [0.25, 0.3) is 0 Å². The average Bonchev–Trinajstić information content (AvgIpc) is 2.27. The Balaban J connectivity index is 2.75. The van der Waals surface area contributed by atoms with Crippen LogP contribution in [0.25, 0.3) is 0 Å². The molecule has 15 heavy (non-hydrogen) atoms. The minimum absolute atomic E-state index is 0.0475. The Morgan fingerprint density at radius 1 is 1.47 bits per heavy atom. The van der Waals surface area contributed by atoms with Gasteiger partial charge in [0, 0.05) is 4.47 Å². The van der Waals surface area contributed by atoms with E-state index < -0.39 is 0 Å². The first-order chi connectivity index (χ1) is 7.19. The van der Waals surface area contributed by atoms with Gasteiger partial charge in [-0.15, -0.1) is 0 Å². The first-order valence-corrected chi connectivity index (χ1v) is 5.79. The largest absolute Gasteiger partial charge is 0.469 e. The van der Waals surface area contributed by atoms with Crippen LogP contribution in [0.15, 0.2) is 28.7 Å². The fourth-order valence-corrected chi connectivity index (χ4v) is 1.94. The number of halogens is 1. The van der Waals surface area contributed by atoms with Gasteiger partial charge in [-0.05, 0) is 24.5 Å². The molecule has 0 saturated carbocycles. The molecule has 0 radical (unpaired) electrons. The van der Waals surface area contributed by atoms with Gasteiger partial charge in [0.15, 0.2) is 0 Å². The van der Waals surface area contributed by atoms with Crippen molar-refractivity contribution >= 4 is 21.9 Å². The molecule has 2 nitrogen and oxygen atoms in total. The summed E-state index contributed by atoms with van der Waals surface area (Å²) in [5.41, 5.74) is 1.15. The lowest BCUT2D eigenvalue weighted by atomic mass is 9.97. The third-order valence-electron chi connectivity index (χ3n) is 2.45. The monoisotopic (exact) mass is 270 g/mol. The van der Waals surface area contributed by atoms with Crippen molar-refractivity contribution in [2.75, 3.05) is 7.11 Å². The highest BCUT2D eigenvalue weighted by atomic mass is 79.9. The van der Waals surface area contributed by atoms with Crippen LogP contribution in [0.2, 0.25) is 0 Å². The molecule has 1 aromatic carbocycles. The highest BCUT2D eigenvalue weighted by Crippen LogP contribution is 2.21. The van der Waals surface area contributed by atoms with Gasteiger partial charge < -0.3 is 4.74 Å². The van der Waals surface area contributed by atoms with Crippen LogP contribution in [0.5, 0.6) is 0 Å². The molecule has 0 aliphatic carbocycles. The van der Waals surface area contributed by atoms with Crippen LogP contribution in [0.4, 0.5) is 0 Å². The fourth-order valence-electron chi connectivity index (χ4n) is 1.49. The molecule has 0 spiro atoms. The van der Waals surface area contributed by atoms with Gasteiger partial charge in [-0.2, -0.15) is 0 Å². The molecule has 1 atom stereocenters. The number of benzene rings is 1. The van der Waals surface area contributed by atoms with E-state index in [4.69, 9.17) is 4.74 Å². The fraction of sp³-hybridized carbons (Fsp3) is 0.417. The summed E-state index contributed by atoms with van der Waals surface area (Å²) in [6.07, 6.45) is 1.53. The molecule has 1 unspecified atom stereocenters. The van der Waals surface area contributed by atoms with Crippen molar-refractivity contribution in [2.45, 2.75) is 19.8 Å². The molecule has 3 heteroatoms. The predicted molar refractivity (Wildman–Crippen MR) is 63.6 cm³/mol. The second-order valence-electron chi connectivity index (χ2n) is 3.42. The summed E-state index contributed by atoms with van der Waals surface area (Å²) in [6.45, 7) is 2.00. The molecular formula is C12H15BrO2. The highest BCUT2D eigenvalue weighted by molar-refractivity contribution is 9.10. The minimum atomic E-state index is -0.131. The molecule has 0 fully saturated rings. The third kappa shape index (κ3) is 3.34. The van der Waals surface area contributed by atoms with Crippen molar-refractivity contribution in [3.8, 4) is 0 Å². The van der Waals surface area contributed by atoms with E-state index in [9.17, 15) is 4.79 Å². The van der Waals surface area contributed by atoms with Gasteiger partial charge in [0.2, 0.25) is 0 Å². The van der Waals surface area contributed by atoms with Crippen LogP contribution < -0.4 is 0 Å². The molecule has 0 aliphatic heterocycles. The molecule has 0 saturated heterocycles. The number of hydrogen-bond donors (Lipinski definition) is 0. The van der Waals surface area contributed by atoms with Crippen LogP contribution in [0.1, 0.15) is 18.9 Å². The zero-order valence-corrected chi connectivity index (χ0v) is 10.6. The normalized spacial score (nSPS) is 12.2. The summed E-state index contributed by atoms with van der Waals surface area (Å²) in [5.74, 6) is -0.179. The zero-order valence-electron chi connectivity index (χ0n) is 9.00. The summed E-state index contributed by atoms with van der Waals surface area (Å²) >= 11 is 3.47. The summed E-state index contributed by atoms with van der Waals surface area (Å²) in [6, 6.07) is 7.95. The number of rotatable bonds is 4. The summed E-state index contributed by atoms with van der Waals surface area (Å²) in [7, 11) is 1.44. The molecule has 1 aromatic rings. The van der Waals surface area contributed by atoms with E-state index in [1.807, 2.05) is 31.2 Å². The number of esters is 1. The molecule has 0 N–H and O–H groups in total. The zero-order chi connectivity index (χ0) is 11.3. The van der Waals surface area contributed by atoms with E-state index >= 15 is 0 Å². The van der Waals surface area contributed by atoms with Crippen molar-refractivity contribution in [1.82, 2.24) is 0 Å². The Bertz CT molecular complexity index is 336. The quantitative estimate of drug-likeness (QED) is 0.786. The maximum absolute atomic E-state index is 11.4. The Morgan fingerprint density at radius 3 is 2.67 bits per heavy atom. The summed E-state index contributed by atoms with van der Waals surface area (Å²) in [5, 5.41) is 0. The highest BCUT2D eigenvalue weighted by Gasteiger charge is 2.18. The number of methoxy groups -OCH3 is 1. The third-order valence-corrected chi connectivity index (χ3v) is 3.23. The van der Waals surface area contributed by atoms with Gasteiger partial charge >= 0.3 is 5.97 Å². The predicted octanol–water partition coefficient (Wildman–Crippen LogP) is 3.19. The topological polar surface area (TPSA) is 26.3 Å². The van der Waals surface area contributed by atoms with E-state index in [0.717, 1.165) is 22.9 Å². The second kappa shape index (κ2) is 5.91. The Labute approximate surface area is 98.8 Å². The number of ether oxygens (including phenoxy) is 1. The molecule has 0 aromatic heterocycles. The lowest BCUT2D eigenvalue weighted by Crippen LogP contribution is -2.17. The maximum atomic E-state index is 11.4. The molecule has 0 aliphatic rings. The van der Waals surface area contributed by atoms with Crippen LogP contribution in [-0.2, 0) is 16.0 Å². The SMILES string of the molecule is CCC(Cc1ccccc1Br)C(=O)OC. The maximum Gasteiger partial charge on any atom is 0.308 e. The van der Waals surface area contributed by atoms with Gasteiger partial charge in [0.05, 0.1) is 13.0 Å². The first kappa shape index (κ1) is 12.2. The Morgan fingerprint density at radius 2 is 2.13 bits per heavy atom. The molecule has 0 heterocycles. The lowest BCUT2D eigenvalue weighted by Gasteiger charge is -2.13. The summed E-state index contributed by atoms with van der Waals surface area (Å²) in [4.78, 5) is 11.4.